The molecule has 1 aliphatic heterocycles. The summed E-state index contributed by atoms with van der Waals surface area (Å²) < 4.78 is 34.8. The number of ether oxygens (including phenoxy) is 1. The number of aryl methyl sites for hydroxylation is 1. The van der Waals surface area contributed by atoms with Crippen LogP contribution in [0.25, 0.3) is 0 Å². The Morgan fingerprint density at radius 2 is 1.94 bits per heavy atom. The van der Waals surface area contributed by atoms with Gasteiger partial charge in [-0.05, 0) is 55.9 Å². The molecule has 2 aromatic rings. The van der Waals surface area contributed by atoms with Crippen molar-refractivity contribution in [3.63, 3.8) is 0 Å². The van der Waals surface area contributed by atoms with Crippen molar-refractivity contribution >= 4 is 27.6 Å². The lowest BCUT2D eigenvalue weighted by Crippen LogP contribution is -2.59. The van der Waals surface area contributed by atoms with Crippen LogP contribution in [0, 0.1) is 0 Å². The third-order valence-electron chi connectivity index (χ3n) is 5.65. The van der Waals surface area contributed by atoms with Crippen LogP contribution in [-0.4, -0.2) is 37.0 Å². The minimum absolute atomic E-state index is 0.0512. The summed E-state index contributed by atoms with van der Waals surface area (Å²) in [6, 6.07) is 14.6. The zero-order valence-corrected chi connectivity index (χ0v) is 20.3. The van der Waals surface area contributed by atoms with Crippen LogP contribution >= 0.6 is 11.6 Å². The van der Waals surface area contributed by atoms with E-state index < -0.39 is 26.9 Å². The molecule has 0 bridgehead atoms. The predicted molar refractivity (Wildman–Crippen MR) is 128 cm³/mol. The quantitative estimate of drug-likeness (QED) is 0.588. The van der Waals surface area contributed by atoms with Crippen molar-refractivity contribution in [2.75, 3.05) is 6.61 Å². The van der Waals surface area contributed by atoms with Crippen molar-refractivity contribution in [1.29, 1.82) is 0 Å². The Labute approximate surface area is 195 Å². The van der Waals surface area contributed by atoms with E-state index in [4.69, 9.17) is 16.3 Å². The van der Waals surface area contributed by atoms with Crippen molar-refractivity contribution in [2.45, 2.75) is 63.3 Å². The number of hydrogen-bond donors (Lipinski definition) is 2. The zero-order chi connectivity index (χ0) is 23.4. The highest BCUT2D eigenvalue weighted by Gasteiger charge is 2.47. The molecule has 1 saturated heterocycles. The van der Waals surface area contributed by atoms with Crippen molar-refractivity contribution in [2.24, 2.45) is 4.99 Å². The molecular weight excluding hydrogens is 448 g/mol. The standard InChI is InChI=1S/C24H31ClN2O4S/c1-4-8-18-16-19(11-12-20(18)25)21(13-14-28)26-23-27-32(29,30)22(24(2,3)31-23)15-17-9-6-5-7-10-17/h5-7,9-12,16,21-22,28H,4,8,13-15H2,1-3H3,(H,26,27). The monoisotopic (exact) mass is 478 g/mol. The van der Waals surface area contributed by atoms with Crippen LogP contribution in [0.2, 0.25) is 5.02 Å². The number of benzene rings is 2. The summed E-state index contributed by atoms with van der Waals surface area (Å²) in [6.45, 7) is 5.50. The average molecular weight is 479 g/mol. The van der Waals surface area contributed by atoms with Gasteiger partial charge in [-0.25, -0.2) is 18.1 Å². The number of halogens is 1. The number of nitrogens with zero attached hydrogens (tertiary/aromatic N) is 1. The van der Waals surface area contributed by atoms with Crippen molar-refractivity contribution in [1.82, 2.24) is 4.72 Å². The Morgan fingerprint density at radius 1 is 1.22 bits per heavy atom. The maximum Gasteiger partial charge on any atom is 0.299 e. The maximum absolute atomic E-state index is 13.1. The van der Waals surface area contributed by atoms with Gasteiger partial charge in [0.2, 0.25) is 10.0 Å². The first-order chi connectivity index (χ1) is 15.2. The Kier molecular flexibility index (Phi) is 7.85. The third kappa shape index (κ3) is 5.82. The maximum atomic E-state index is 13.1. The molecule has 0 aliphatic carbocycles. The molecule has 3 rings (SSSR count). The van der Waals surface area contributed by atoms with Gasteiger partial charge in [0, 0.05) is 11.6 Å². The first kappa shape index (κ1) is 24.6. The number of rotatable bonds is 8. The Hall–Kier alpha value is -2.09. The van der Waals surface area contributed by atoms with E-state index in [1.165, 1.54) is 0 Å². The van der Waals surface area contributed by atoms with Gasteiger partial charge in [-0.2, -0.15) is 0 Å². The molecule has 0 spiro atoms. The molecule has 32 heavy (non-hydrogen) atoms. The van der Waals surface area contributed by atoms with Gasteiger partial charge in [-0.3, -0.25) is 0 Å². The number of aliphatic imine (C=N–C) groups is 1. The van der Waals surface area contributed by atoms with Gasteiger partial charge in [0.05, 0.1) is 6.04 Å². The summed E-state index contributed by atoms with van der Waals surface area (Å²) in [5, 5.41) is 9.50. The third-order valence-corrected chi connectivity index (χ3v) is 7.96. The van der Waals surface area contributed by atoms with Crippen LogP contribution in [0.15, 0.2) is 53.5 Å². The first-order valence-electron chi connectivity index (χ1n) is 10.9. The molecule has 2 atom stereocenters. The van der Waals surface area contributed by atoms with Gasteiger partial charge in [0.15, 0.2) is 0 Å². The fourth-order valence-corrected chi connectivity index (χ4v) is 5.87. The van der Waals surface area contributed by atoms with Crippen LogP contribution in [0.5, 0.6) is 0 Å². The van der Waals surface area contributed by atoms with Gasteiger partial charge in [0.25, 0.3) is 6.02 Å². The van der Waals surface area contributed by atoms with Gasteiger partial charge < -0.3 is 9.84 Å². The molecule has 0 amide bonds. The van der Waals surface area contributed by atoms with Crippen LogP contribution in [0.3, 0.4) is 0 Å². The summed E-state index contributed by atoms with van der Waals surface area (Å²) in [4.78, 5) is 4.56. The molecule has 2 unspecified atom stereocenters. The summed E-state index contributed by atoms with van der Waals surface area (Å²) >= 11 is 6.30. The van der Waals surface area contributed by atoms with Gasteiger partial charge in [-0.15, -0.1) is 0 Å². The van der Waals surface area contributed by atoms with Crippen molar-refractivity contribution < 1.29 is 18.3 Å². The minimum atomic E-state index is -3.73. The van der Waals surface area contributed by atoms with Crippen molar-refractivity contribution in [3.05, 3.63) is 70.2 Å². The summed E-state index contributed by atoms with van der Waals surface area (Å²) in [5.74, 6) is 0. The Morgan fingerprint density at radius 3 is 2.56 bits per heavy atom. The van der Waals surface area contributed by atoms with E-state index in [1.54, 1.807) is 13.8 Å². The number of aliphatic hydroxyl groups is 1. The highest BCUT2D eigenvalue weighted by atomic mass is 35.5. The number of aliphatic hydroxyl groups excluding tert-OH is 1. The van der Waals surface area contributed by atoms with E-state index in [9.17, 15) is 13.5 Å². The van der Waals surface area contributed by atoms with E-state index in [2.05, 4.69) is 16.6 Å². The highest BCUT2D eigenvalue weighted by Crippen LogP contribution is 2.31. The fourth-order valence-electron chi connectivity index (χ4n) is 3.97. The van der Waals surface area contributed by atoms with Gasteiger partial charge in [-0.1, -0.05) is 67.4 Å². The molecule has 0 saturated carbocycles. The highest BCUT2D eigenvalue weighted by molar-refractivity contribution is 7.90. The second-order valence-corrected chi connectivity index (χ2v) is 10.9. The molecule has 1 heterocycles. The average Bonchev–Trinajstić information content (AvgIpc) is 2.72. The van der Waals surface area contributed by atoms with Crippen LogP contribution in [0.1, 0.15) is 56.3 Å². The SMILES string of the molecule is CCCc1cc(C(CCO)N=C2NS(=O)(=O)C(Cc3ccccc3)C(C)(C)O2)ccc1Cl. The normalized spacial score (nSPS) is 21.5. The van der Waals surface area contributed by atoms with Crippen LogP contribution in [0.4, 0.5) is 0 Å². The second-order valence-electron chi connectivity index (χ2n) is 8.59. The largest absolute Gasteiger partial charge is 0.457 e. The predicted octanol–water partition coefficient (Wildman–Crippen LogP) is 4.41. The first-order valence-corrected chi connectivity index (χ1v) is 12.8. The summed E-state index contributed by atoms with van der Waals surface area (Å²) in [7, 11) is -3.73. The van der Waals surface area contributed by atoms with Gasteiger partial charge in [0.1, 0.15) is 10.9 Å². The lowest BCUT2D eigenvalue weighted by molar-refractivity contribution is 0.0759. The molecule has 1 fully saturated rings. The topological polar surface area (TPSA) is 88.0 Å². The molecule has 174 valence electrons. The zero-order valence-electron chi connectivity index (χ0n) is 18.7. The van der Waals surface area contributed by atoms with E-state index in [-0.39, 0.29) is 12.6 Å². The van der Waals surface area contributed by atoms with Crippen molar-refractivity contribution in [3.8, 4) is 0 Å². The molecule has 0 aromatic heterocycles. The second kappa shape index (κ2) is 10.2. The lowest BCUT2D eigenvalue weighted by Gasteiger charge is -2.39. The minimum Gasteiger partial charge on any atom is -0.457 e. The van der Waals surface area contributed by atoms with E-state index >= 15 is 0 Å². The summed E-state index contributed by atoms with van der Waals surface area (Å²) in [5.41, 5.74) is 1.79. The number of nitrogens with one attached hydrogen (secondary N) is 1. The van der Waals surface area contributed by atoms with E-state index in [0.717, 1.165) is 29.5 Å². The molecule has 2 aromatic carbocycles. The lowest BCUT2D eigenvalue weighted by atomic mass is 9.97. The van der Waals surface area contributed by atoms with E-state index in [0.29, 0.717) is 17.9 Å². The molecule has 1 aliphatic rings. The van der Waals surface area contributed by atoms with Crippen LogP contribution in [-0.2, 0) is 27.6 Å². The molecular formula is C24H31ClN2O4S. The molecule has 2 N–H and O–H groups in total. The molecule has 8 heteroatoms. The smallest absolute Gasteiger partial charge is 0.299 e. The Balaban J connectivity index is 1.90. The number of amidine groups is 1. The fraction of sp³-hybridized carbons (Fsp3) is 0.458. The summed E-state index contributed by atoms with van der Waals surface area (Å²) in [6.07, 6.45) is 2.43. The number of sulfonamides is 1. The van der Waals surface area contributed by atoms with Crippen LogP contribution < -0.4 is 4.72 Å². The van der Waals surface area contributed by atoms with E-state index in [1.807, 2.05) is 48.5 Å². The molecule has 6 nitrogen and oxygen atoms in total. The number of hydrogen-bond acceptors (Lipinski definition) is 5. The molecule has 0 radical (unpaired) electrons. The Bertz CT molecular complexity index is 1050. The van der Waals surface area contributed by atoms with Gasteiger partial charge >= 0.3 is 0 Å².